The van der Waals surface area contributed by atoms with Gasteiger partial charge in [0, 0.05) is 67.4 Å². The van der Waals surface area contributed by atoms with Crippen LogP contribution in [0.5, 0.6) is 0 Å². The molecule has 105 heavy (non-hydrogen) atoms. The third-order valence-electron chi connectivity index (χ3n) is 16.1. The molecule has 0 fully saturated rings. The number of aromatic amines is 1. The molecular formula is C97H163N5O3. The van der Waals surface area contributed by atoms with Crippen molar-refractivity contribution in [2.75, 3.05) is 13.1 Å². The molecule has 1 amide bonds. The fourth-order valence-corrected chi connectivity index (χ4v) is 9.63. The minimum absolute atomic E-state index is 0.0729. The van der Waals surface area contributed by atoms with Gasteiger partial charge in [0.25, 0.3) is 0 Å². The molecule has 8 heteroatoms. The Hall–Kier alpha value is -6.67. The fourth-order valence-electron chi connectivity index (χ4n) is 9.63. The van der Waals surface area contributed by atoms with Crippen molar-refractivity contribution in [2.24, 2.45) is 86.7 Å². The van der Waals surface area contributed by atoms with Crippen LogP contribution in [0.2, 0.25) is 0 Å². The summed E-state index contributed by atoms with van der Waals surface area (Å²) in [6.45, 7) is 67.9. The molecule has 0 spiro atoms. The summed E-state index contributed by atoms with van der Waals surface area (Å²) in [5.74, 6) is 10.3. The number of hydrogen-bond donors (Lipinski definition) is 3. The number of benzene rings is 5. The van der Waals surface area contributed by atoms with E-state index in [0.29, 0.717) is 17.7 Å². The van der Waals surface area contributed by atoms with Crippen LogP contribution in [-0.2, 0) is 41.7 Å². The van der Waals surface area contributed by atoms with E-state index in [0.717, 1.165) is 123 Å². The van der Waals surface area contributed by atoms with Crippen LogP contribution >= 0.6 is 0 Å². The van der Waals surface area contributed by atoms with E-state index in [2.05, 4.69) is 309 Å². The largest absolute Gasteiger partial charge is 0.388 e. The number of rotatable bonds is 25. The molecule has 4 N–H and O–H groups in total. The molecular weight excluding hydrogens is 1280 g/mol. The van der Waals surface area contributed by atoms with Gasteiger partial charge < -0.3 is 20.8 Å². The van der Waals surface area contributed by atoms with Crippen LogP contribution in [0.3, 0.4) is 0 Å². The molecule has 2 heterocycles. The molecule has 0 unspecified atom stereocenters. The van der Waals surface area contributed by atoms with Crippen LogP contribution < -0.4 is 11.1 Å². The van der Waals surface area contributed by atoms with E-state index in [-0.39, 0.29) is 17.5 Å². The maximum absolute atomic E-state index is 11.0. The van der Waals surface area contributed by atoms with Crippen molar-refractivity contribution >= 4 is 40.4 Å². The van der Waals surface area contributed by atoms with E-state index in [1.54, 1.807) is 20.8 Å². The van der Waals surface area contributed by atoms with Crippen LogP contribution in [0.25, 0.3) is 10.9 Å². The maximum Gasteiger partial charge on any atom is 0.216 e. The van der Waals surface area contributed by atoms with E-state index >= 15 is 0 Å². The van der Waals surface area contributed by atoms with Crippen molar-refractivity contribution in [3.05, 3.63) is 190 Å². The lowest BCUT2D eigenvalue weighted by atomic mass is 10.0. The van der Waals surface area contributed by atoms with Gasteiger partial charge in [-0.2, -0.15) is 0 Å². The minimum Gasteiger partial charge on any atom is -0.388 e. The zero-order valence-electron chi connectivity index (χ0n) is 73.6. The van der Waals surface area contributed by atoms with Crippen LogP contribution in [-0.4, -0.2) is 47.6 Å². The first-order valence-electron chi connectivity index (χ1n) is 40.6. The van der Waals surface area contributed by atoms with Gasteiger partial charge in [-0.05, 0) is 204 Å². The number of fused-ring (bicyclic) bond motifs is 1. The third-order valence-corrected chi connectivity index (χ3v) is 16.1. The molecule has 0 aliphatic carbocycles. The highest BCUT2D eigenvalue weighted by Crippen LogP contribution is 2.21. The summed E-state index contributed by atoms with van der Waals surface area (Å²) in [5.41, 5.74) is 18.4. The average Bonchev–Trinajstić information content (AvgIpc) is 1.70. The van der Waals surface area contributed by atoms with Gasteiger partial charge in [0.05, 0.1) is 5.84 Å². The predicted molar refractivity (Wildman–Crippen MR) is 471 cm³/mol. The molecule has 0 saturated heterocycles. The van der Waals surface area contributed by atoms with E-state index in [1.807, 2.05) is 51.3 Å². The topological polar surface area (TPSA) is 130 Å². The van der Waals surface area contributed by atoms with Crippen molar-refractivity contribution in [1.29, 1.82) is 0 Å². The summed E-state index contributed by atoms with van der Waals surface area (Å²) in [4.78, 5) is 43.2. The standard InChI is InChI=1S/C12H15N.C12H16O.2C11H16.C10H14.C8H18N2.C8H17NO.C8H13N.C6H12O.C6H14.C5H12/c1-9(2)7-10-8-13-12-6-4-3-5-11(10)12;1-9(2)8-11-4-6-12(7-5-11)10(3)13;2*1-9(2)8-11-6-4-10(3)5-7-11;1-9(2)8-10-6-4-3-5-7-10;1-7(2)5-4-6-10-8(3)9;1-7(2)5-4-6-9-8(3)10;1-7(2)6-8-4-3-5-9-8;1-5(2)4-6(3)7;1-5(2)6(3)4;1-4-5(2)3/h3-6,8-9,13H,7H2,1-2H3;4-7,9H,8H2,1-3H3;2*4-7,9H,8H2,1-3H3;3-7,9H,8H2,1-2H3;7H,4-6H2,1-3H3,(H2,9,10);7H,4-6H2,1-3H3,(H,9,10);4-5,7H,3,6H2,1-2H3;5H,4H2,1-3H3;5-6H,1-4H3;5H,4H2,1-3H3. The number of nitrogens with one attached hydrogen (secondary N) is 2. The summed E-state index contributed by atoms with van der Waals surface area (Å²) in [6, 6.07) is 44.5. The van der Waals surface area contributed by atoms with E-state index in [1.165, 1.54) is 94.1 Å². The number of para-hydroxylation sites is 1. The molecule has 1 aliphatic heterocycles. The van der Waals surface area contributed by atoms with Gasteiger partial charge in [0.15, 0.2) is 5.78 Å². The molecule has 1 aromatic heterocycles. The smallest absolute Gasteiger partial charge is 0.216 e. The van der Waals surface area contributed by atoms with E-state index < -0.39 is 0 Å². The summed E-state index contributed by atoms with van der Waals surface area (Å²) in [6.07, 6.45) is 21.0. The Balaban J connectivity index is -0.000000539. The van der Waals surface area contributed by atoms with Gasteiger partial charge in [-0.25, -0.2) is 0 Å². The highest BCUT2D eigenvalue weighted by molar-refractivity contribution is 5.94. The second-order valence-corrected chi connectivity index (χ2v) is 33.6. The highest BCUT2D eigenvalue weighted by atomic mass is 16.1. The molecule has 5 aromatic carbocycles. The molecule has 594 valence electrons. The van der Waals surface area contributed by atoms with Crippen molar-refractivity contribution in [1.82, 2.24) is 10.3 Å². The second-order valence-electron chi connectivity index (χ2n) is 33.6. The Morgan fingerprint density at radius 1 is 0.467 bits per heavy atom. The van der Waals surface area contributed by atoms with Gasteiger partial charge in [-0.3, -0.25) is 19.6 Å². The third kappa shape index (κ3) is 72.7. The quantitative estimate of drug-likeness (QED) is 0.0228. The fraction of sp³-hybridized carbons (Fsp3) is 0.598. The van der Waals surface area contributed by atoms with Gasteiger partial charge >= 0.3 is 0 Å². The summed E-state index contributed by atoms with van der Waals surface area (Å²) >= 11 is 0. The number of ketones is 2. The van der Waals surface area contributed by atoms with Crippen LogP contribution in [0, 0.1) is 84.9 Å². The van der Waals surface area contributed by atoms with Gasteiger partial charge in [0.2, 0.25) is 5.91 Å². The summed E-state index contributed by atoms with van der Waals surface area (Å²) in [5, 5.41) is 4.13. The monoisotopic (exact) mass is 1450 g/mol. The number of aryl methyl sites for hydroxylation is 2. The Morgan fingerprint density at radius 3 is 1.18 bits per heavy atom. The number of H-pyrrole nitrogens is 1. The van der Waals surface area contributed by atoms with Crippen LogP contribution in [0.4, 0.5) is 0 Å². The second kappa shape index (κ2) is 65.6. The molecule has 8 nitrogen and oxygen atoms in total. The first-order valence-corrected chi connectivity index (χ1v) is 40.6. The number of carbonyl (C=O) groups is 3. The van der Waals surface area contributed by atoms with Crippen molar-refractivity contribution in [3.8, 4) is 0 Å². The average molecular weight is 1450 g/mol. The number of nitrogens with two attached hydrogens (primary N) is 1. The first-order chi connectivity index (χ1) is 49.1. The SMILES string of the molecule is CC(=O)CC(C)C.CC(=O)NCCCC(C)C.CC(=O)c1ccc(CC(C)C)cc1.CC(C)C(C)C.CC(C)CC1=CCC=N1.CC(C)Cc1c[nH]c2ccccc12.CC(C)Cc1ccccc1.CC(N)=NCCCC(C)C.CCC(C)C.Cc1ccc(CC(C)C)cc1.Cc1ccc(CC(C)C)cc1. The summed E-state index contributed by atoms with van der Waals surface area (Å²) < 4.78 is 0. The van der Waals surface area contributed by atoms with E-state index in [9.17, 15) is 14.4 Å². The first kappa shape index (κ1) is 105. The van der Waals surface area contributed by atoms with Gasteiger partial charge in [-0.1, -0.05) is 318 Å². The Labute approximate surface area is 649 Å². The zero-order chi connectivity index (χ0) is 81.0. The number of amides is 1. The van der Waals surface area contributed by atoms with E-state index in [4.69, 9.17) is 5.73 Å². The zero-order valence-corrected chi connectivity index (χ0v) is 73.6. The Morgan fingerprint density at radius 2 is 0.857 bits per heavy atom. The number of allylic oxidation sites excluding steroid dienone is 2. The number of aliphatic imine (C=N–C) groups is 2. The number of Topliss-reactive ketones (excluding diaryl/α,β-unsaturated/α-hetero) is 2. The van der Waals surface area contributed by atoms with Crippen molar-refractivity contribution in [3.63, 3.8) is 0 Å². The van der Waals surface area contributed by atoms with Crippen LogP contribution in [0.15, 0.2) is 155 Å². The van der Waals surface area contributed by atoms with Gasteiger partial charge in [0.1, 0.15) is 5.78 Å². The van der Waals surface area contributed by atoms with Gasteiger partial charge in [-0.15, -0.1) is 0 Å². The lowest BCUT2D eigenvalue weighted by Crippen LogP contribution is -2.21. The number of aromatic nitrogens is 1. The van der Waals surface area contributed by atoms with Crippen LogP contribution in [0.1, 0.15) is 301 Å². The number of nitrogens with zero attached hydrogens (tertiary/aromatic N) is 2. The maximum atomic E-state index is 11.0. The summed E-state index contributed by atoms with van der Waals surface area (Å²) in [7, 11) is 0. The molecule has 7 rings (SSSR count). The molecule has 0 saturated carbocycles. The minimum atomic E-state index is 0.0729. The molecule has 6 aromatic rings. The Bertz CT molecular complexity index is 3030. The number of carbonyl (C=O) groups excluding carboxylic acids is 3. The molecule has 0 bridgehead atoms. The normalized spacial score (nSPS) is 11.2. The number of amidine groups is 1. The molecule has 0 radical (unpaired) electrons. The Kier molecular flexibility index (Phi) is 65.4. The molecule has 0 atom stereocenters. The highest BCUT2D eigenvalue weighted by Gasteiger charge is 2.06. The van der Waals surface area contributed by atoms with Crippen molar-refractivity contribution in [2.45, 2.75) is 298 Å². The molecule has 1 aliphatic rings. The number of hydrogen-bond acceptors (Lipinski definition) is 5. The predicted octanol–water partition coefficient (Wildman–Crippen LogP) is 27.4. The lowest BCUT2D eigenvalue weighted by molar-refractivity contribution is -0.119. The lowest BCUT2D eigenvalue weighted by Gasteiger charge is -2.05. The van der Waals surface area contributed by atoms with Crippen molar-refractivity contribution < 1.29 is 14.4 Å².